The predicted molar refractivity (Wildman–Crippen MR) is 144 cm³/mol. The van der Waals surface area contributed by atoms with Crippen LogP contribution < -0.4 is 5.49 Å². The van der Waals surface area contributed by atoms with Gasteiger partial charge in [0.1, 0.15) is 11.1 Å². The van der Waals surface area contributed by atoms with Crippen LogP contribution in [0.1, 0.15) is 37.3 Å². The van der Waals surface area contributed by atoms with Gasteiger partial charge in [0.15, 0.2) is 0 Å². The van der Waals surface area contributed by atoms with E-state index in [1.165, 1.54) is 5.56 Å². The summed E-state index contributed by atoms with van der Waals surface area (Å²) in [5.74, 6) is 0. The van der Waals surface area contributed by atoms with Crippen LogP contribution in [0.15, 0.2) is 97.3 Å². The second kappa shape index (κ2) is 9.59. The summed E-state index contributed by atoms with van der Waals surface area (Å²) in [4.78, 5) is 4.97. The quantitative estimate of drug-likeness (QED) is 0.320. The number of aliphatic hydroxyl groups excluding tert-OH is 1. The van der Waals surface area contributed by atoms with E-state index in [9.17, 15) is 10.5 Å². The molecule has 1 aliphatic rings. The average Bonchev–Trinajstić information content (AvgIpc) is 3.26. The van der Waals surface area contributed by atoms with Crippen molar-refractivity contribution in [1.29, 1.82) is 5.41 Å². The lowest BCUT2D eigenvalue weighted by Gasteiger charge is -2.29. The first-order chi connectivity index (χ1) is 17.7. The molecule has 2 unspecified atom stereocenters. The van der Waals surface area contributed by atoms with Crippen molar-refractivity contribution in [1.82, 2.24) is 14.1 Å². The first-order valence-corrected chi connectivity index (χ1v) is 12.7. The molecule has 180 valence electrons. The molecule has 2 heterocycles. The summed E-state index contributed by atoms with van der Waals surface area (Å²) in [6, 6.07) is 31.0. The molecule has 5 heteroatoms. The Morgan fingerprint density at radius 2 is 1.42 bits per heavy atom. The minimum atomic E-state index is -0.452. The largest absolute Gasteiger partial charge is 0.391 e. The third-order valence-corrected chi connectivity index (χ3v) is 7.38. The number of nitrogens with zero attached hydrogens (tertiary/aromatic N) is 3. The molecule has 1 saturated carbocycles. The smallest absolute Gasteiger partial charge is 0.146 e. The molecule has 1 aliphatic carbocycles. The van der Waals surface area contributed by atoms with Crippen LogP contribution in [0.25, 0.3) is 33.4 Å². The Bertz CT molecular complexity index is 1540. The van der Waals surface area contributed by atoms with E-state index >= 15 is 0 Å². The lowest BCUT2D eigenvalue weighted by Crippen LogP contribution is -2.35. The van der Waals surface area contributed by atoms with Crippen LogP contribution in [0.3, 0.4) is 0 Å². The van der Waals surface area contributed by atoms with Crippen LogP contribution in [0, 0.1) is 5.41 Å². The van der Waals surface area contributed by atoms with E-state index in [0.717, 1.165) is 59.1 Å². The molecular weight excluding hydrogens is 444 g/mol. The highest BCUT2D eigenvalue weighted by atomic mass is 16.3. The van der Waals surface area contributed by atoms with Crippen molar-refractivity contribution in [3.05, 3.63) is 108 Å². The zero-order valence-electron chi connectivity index (χ0n) is 20.2. The van der Waals surface area contributed by atoms with Gasteiger partial charge in [-0.3, -0.25) is 5.41 Å². The highest BCUT2D eigenvalue weighted by molar-refractivity contribution is 6.02. The normalized spacial score (nSPS) is 17.9. The Kier molecular flexibility index (Phi) is 5.99. The van der Waals surface area contributed by atoms with Gasteiger partial charge in [-0.2, -0.15) is 0 Å². The number of aliphatic hydroxyl groups is 1. The molecule has 0 bridgehead atoms. The van der Waals surface area contributed by atoms with Gasteiger partial charge < -0.3 is 14.2 Å². The van der Waals surface area contributed by atoms with E-state index in [-0.39, 0.29) is 6.04 Å². The third-order valence-electron chi connectivity index (χ3n) is 7.38. The summed E-state index contributed by atoms with van der Waals surface area (Å²) in [7, 11) is 0. The fourth-order valence-electron chi connectivity index (χ4n) is 5.64. The molecule has 2 N–H and O–H groups in total. The van der Waals surface area contributed by atoms with Gasteiger partial charge in [-0.25, -0.2) is 4.98 Å². The van der Waals surface area contributed by atoms with E-state index in [0.29, 0.717) is 12.0 Å². The number of benzene rings is 3. The van der Waals surface area contributed by atoms with Crippen molar-refractivity contribution in [3.8, 4) is 22.4 Å². The Labute approximate surface area is 210 Å². The fraction of sp³-hybridized carbons (Fsp3) is 0.226. The minimum absolute atomic E-state index is 0.121. The van der Waals surface area contributed by atoms with Crippen molar-refractivity contribution in [2.45, 2.75) is 44.4 Å². The van der Waals surface area contributed by atoms with Crippen molar-refractivity contribution < 1.29 is 5.11 Å². The third kappa shape index (κ3) is 3.95. The predicted octanol–water partition coefficient (Wildman–Crippen LogP) is 6.18. The first kappa shape index (κ1) is 22.5. The molecule has 2 aromatic heterocycles. The second-order valence-electron chi connectivity index (χ2n) is 9.65. The Hall–Kier alpha value is -3.96. The molecule has 1 fully saturated rings. The van der Waals surface area contributed by atoms with Gasteiger partial charge in [-0.05, 0) is 29.5 Å². The van der Waals surface area contributed by atoms with Crippen molar-refractivity contribution in [3.63, 3.8) is 0 Å². The van der Waals surface area contributed by atoms with Gasteiger partial charge in [0, 0.05) is 12.1 Å². The molecule has 0 radical (unpaired) electrons. The molecule has 3 aromatic carbocycles. The van der Waals surface area contributed by atoms with Gasteiger partial charge >= 0.3 is 0 Å². The second-order valence-corrected chi connectivity index (χ2v) is 9.65. The van der Waals surface area contributed by atoms with E-state index in [2.05, 4.69) is 65.2 Å². The highest BCUT2D eigenvalue weighted by Gasteiger charge is 2.28. The maximum absolute atomic E-state index is 10.8. The lowest BCUT2D eigenvalue weighted by molar-refractivity contribution is 0.0729. The molecule has 5 nitrogen and oxygen atoms in total. The van der Waals surface area contributed by atoms with Crippen molar-refractivity contribution in [2.75, 3.05) is 0 Å². The summed E-state index contributed by atoms with van der Waals surface area (Å²) < 4.78 is 4.16. The van der Waals surface area contributed by atoms with Gasteiger partial charge in [0.2, 0.25) is 0 Å². The van der Waals surface area contributed by atoms with E-state index in [4.69, 9.17) is 4.98 Å². The standard InChI is InChI=1S/C31H30N4O/c32-30-28-27(23-14-6-2-7-15-23)29(24-16-8-3-9-17-24)34(20-22-12-4-1-5-13-22)31(28)33-21-35(30)25-18-10-11-19-26(25)36/h1-9,12-17,21,25-26,32,36H,10-11,18-20H2. The summed E-state index contributed by atoms with van der Waals surface area (Å²) in [6.45, 7) is 0.650. The van der Waals surface area contributed by atoms with Crippen LogP contribution in [-0.4, -0.2) is 25.3 Å². The maximum Gasteiger partial charge on any atom is 0.146 e. The maximum atomic E-state index is 10.8. The zero-order valence-corrected chi connectivity index (χ0v) is 20.2. The summed E-state index contributed by atoms with van der Waals surface area (Å²) >= 11 is 0. The number of hydrogen-bond donors (Lipinski definition) is 2. The van der Waals surface area contributed by atoms with Gasteiger partial charge in [0.25, 0.3) is 0 Å². The van der Waals surface area contributed by atoms with Crippen LogP contribution in [0.2, 0.25) is 0 Å². The molecule has 0 aliphatic heterocycles. The van der Waals surface area contributed by atoms with Crippen LogP contribution in [0.4, 0.5) is 0 Å². The summed E-state index contributed by atoms with van der Waals surface area (Å²) in [6.07, 6.45) is 5.04. The molecular formula is C31H30N4O. The lowest BCUT2D eigenvalue weighted by atomic mass is 9.92. The number of nitrogens with one attached hydrogen (secondary N) is 1. The molecule has 0 spiro atoms. The van der Waals surface area contributed by atoms with Gasteiger partial charge in [0.05, 0.1) is 29.6 Å². The number of rotatable bonds is 5. The molecule has 0 amide bonds. The van der Waals surface area contributed by atoms with Gasteiger partial charge in [-0.15, -0.1) is 0 Å². The number of hydrogen-bond acceptors (Lipinski definition) is 3. The highest BCUT2D eigenvalue weighted by Crippen LogP contribution is 2.40. The molecule has 2 atom stereocenters. The average molecular weight is 475 g/mol. The molecule has 36 heavy (non-hydrogen) atoms. The Morgan fingerprint density at radius 1 is 0.806 bits per heavy atom. The molecule has 5 aromatic rings. The van der Waals surface area contributed by atoms with Crippen molar-refractivity contribution >= 4 is 11.0 Å². The minimum Gasteiger partial charge on any atom is -0.391 e. The number of fused-ring (bicyclic) bond motifs is 1. The number of aromatic nitrogens is 3. The van der Waals surface area contributed by atoms with E-state index < -0.39 is 6.10 Å². The van der Waals surface area contributed by atoms with Crippen LogP contribution in [0.5, 0.6) is 0 Å². The first-order valence-electron chi connectivity index (χ1n) is 12.7. The molecule has 0 saturated heterocycles. The van der Waals surface area contributed by atoms with Crippen LogP contribution >= 0.6 is 0 Å². The van der Waals surface area contributed by atoms with Crippen LogP contribution in [-0.2, 0) is 6.54 Å². The summed E-state index contributed by atoms with van der Waals surface area (Å²) in [5.41, 5.74) is 6.61. The van der Waals surface area contributed by atoms with E-state index in [1.807, 2.05) is 34.9 Å². The Morgan fingerprint density at radius 3 is 2.08 bits per heavy atom. The monoisotopic (exact) mass is 474 g/mol. The topological polar surface area (TPSA) is 66.8 Å². The SMILES string of the molecule is N=c1c2c(-c3ccccc3)c(-c3ccccc3)n(Cc3ccccc3)c2ncn1C1CCCCC1O. The fourth-order valence-corrected chi connectivity index (χ4v) is 5.64. The molecule has 6 rings (SSSR count). The van der Waals surface area contributed by atoms with Gasteiger partial charge in [-0.1, -0.05) is 104 Å². The van der Waals surface area contributed by atoms with Crippen molar-refractivity contribution in [2.24, 2.45) is 0 Å². The van der Waals surface area contributed by atoms with E-state index in [1.54, 1.807) is 6.33 Å². The zero-order chi connectivity index (χ0) is 24.5. The Balaban J connectivity index is 1.69. The summed E-state index contributed by atoms with van der Waals surface area (Å²) in [5, 5.41) is 21.0.